The summed E-state index contributed by atoms with van der Waals surface area (Å²) < 4.78 is 43.2. The number of oxime groups is 1. The van der Waals surface area contributed by atoms with Crippen LogP contribution in [0.5, 0.6) is 5.75 Å². The molecule has 2 atom stereocenters. The zero-order valence-corrected chi connectivity index (χ0v) is 27.4. The van der Waals surface area contributed by atoms with Crippen LogP contribution in [0, 0.1) is 5.92 Å². The van der Waals surface area contributed by atoms with Crippen molar-refractivity contribution in [3.8, 4) is 16.9 Å². The Morgan fingerprint density at radius 3 is 2.43 bits per heavy atom. The van der Waals surface area contributed by atoms with Crippen LogP contribution in [0.3, 0.4) is 0 Å². The Hall–Kier alpha value is -4.49. The number of rotatable bonds is 16. The number of carbonyl (C=O) groups excluding carboxylic acids is 2. The van der Waals surface area contributed by atoms with E-state index in [0.29, 0.717) is 17.4 Å². The lowest BCUT2D eigenvalue weighted by Crippen LogP contribution is -2.68. The number of hydrogen-bond acceptors (Lipinski definition) is 13. The summed E-state index contributed by atoms with van der Waals surface area (Å²) in [5.74, 6) is -3.78. The monoisotopic (exact) mass is 691 g/mol. The van der Waals surface area contributed by atoms with Gasteiger partial charge in [0, 0.05) is 29.9 Å². The van der Waals surface area contributed by atoms with Crippen molar-refractivity contribution >= 4 is 50.2 Å². The summed E-state index contributed by atoms with van der Waals surface area (Å²) in [6.45, 7) is 3.00. The molecule has 1 amide bonds. The number of carbonyl (C=O) groups is 3. The molecule has 0 saturated carbocycles. The van der Waals surface area contributed by atoms with Crippen molar-refractivity contribution in [1.82, 2.24) is 10.0 Å². The van der Waals surface area contributed by atoms with Gasteiger partial charge in [0.1, 0.15) is 25.1 Å². The van der Waals surface area contributed by atoms with Crippen molar-refractivity contribution < 1.29 is 50.9 Å². The maximum absolute atomic E-state index is 13.3. The smallest absolute Gasteiger partial charge is 0.418 e. The number of Topliss-reactive ketones (excluding diaryl/α,β-unsaturated/α-hetero) is 1. The number of benzene rings is 1. The fraction of sp³-hybridized carbons (Fsp3) is 0.379. The molecule has 1 fully saturated rings. The number of ketones is 1. The number of amides is 1. The first-order valence-corrected chi connectivity index (χ1v) is 16.5. The quantitative estimate of drug-likeness (QED) is 0.0545. The molecule has 0 bridgehead atoms. The molecular weight excluding hydrogens is 656 g/mol. The van der Waals surface area contributed by atoms with Gasteiger partial charge in [-0.2, -0.15) is 13.5 Å². The highest BCUT2D eigenvalue weighted by molar-refractivity contribution is 7.80. The summed E-state index contributed by atoms with van der Waals surface area (Å²) in [7, 11) is -3.02. The van der Waals surface area contributed by atoms with E-state index in [1.54, 1.807) is 12.1 Å². The van der Waals surface area contributed by atoms with E-state index in [2.05, 4.69) is 14.4 Å². The molecule has 6 N–H and O–H groups in total. The number of aromatic nitrogens is 2. The van der Waals surface area contributed by atoms with Gasteiger partial charge in [0.15, 0.2) is 28.5 Å². The number of nitrogens with two attached hydrogens (primary N) is 2. The fourth-order valence-corrected chi connectivity index (χ4v) is 5.82. The Labute approximate surface area is 274 Å². The number of nitrogens with zero attached hydrogens (tertiary/aromatic N) is 4. The van der Waals surface area contributed by atoms with Crippen molar-refractivity contribution in [2.24, 2.45) is 23.9 Å². The summed E-state index contributed by atoms with van der Waals surface area (Å²) in [4.78, 5) is 47.1. The minimum absolute atomic E-state index is 0.0189. The highest BCUT2D eigenvalue weighted by atomic mass is 32.3. The molecule has 0 aliphatic carbocycles. The molecule has 3 heterocycles. The van der Waals surface area contributed by atoms with Gasteiger partial charge in [-0.15, -0.1) is 15.6 Å². The molecule has 3 aromatic rings. The number of carboxylic acids is 1. The predicted octanol–water partition coefficient (Wildman–Crippen LogP) is 1.29. The number of thiazole rings is 1. The third kappa shape index (κ3) is 8.66. The number of hydroxylamine groups is 2. The lowest BCUT2D eigenvalue weighted by atomic mass is 9.74. The number of ether oxygens (including phenoxy) is 1. The van der Waals surface area contributed by atoms with Gasteiger partial charge in [0.25, 0.3) is 12.0 Å². The molecule has 1 aliphatic rings. The summed E-state index contributed by atoms with van der Waals surface area (Å²) in [5.41, 5.74) is 12.6. The van der Waals surface area contributed by atoms with Gasteiger partial charge in [0.2, 0.25) is 0 Å². The number of anilines is 1. The van der Waals surface area contributed by atoms with Crippen molar-refractivity contribution in [2.45, 2.75) is 44.8 Å². The van der Waals surface area contributed by atoms with E-state index in [4.69, 9.17) is 25.6 Å². The third-order valence-corrected chi connectivity index (χ3v) is 8.49. The van der Waals surface area contributed by atoms with Crippen LogP contribution < -0.4 is 20.8 Å². The lowest BCUT2D eigenvalue weighted by Gasteiger charge is -2.50. The van der Waals surface area contributed by atoms with Crippen LogP contribution in [0.4, 0.5) is 5.13 Å². The number of pyridine rings is 1. The van der Waals surface area contributed by atoms with Gasteiger partial charge in [0.05, 0.1) is 11.5 Å². The minimum Gasteiger partial charge on any atom is -0.489 e. The van der Waals surface area contributed by atoms with Crippen molar-refractivity contribution in [3.05, 3.63) is 59.4 Å². The van der Waals surface area contributed by atoms with Crippen LogP contribution >= 0.6 is 11.3 Å². The van der Waals surface area contributed by atoms with E-state index in [-0.39, 0.29) is 10.8 Å². The first-order chi connectivity index (χ1) is 22.1. The van der Waals surface area contributed by atoms with Crippen molar-refractivity contribution in [3.63, 3.8) is 0 Å². The topological polar surface area (TPSA) is 238 Å². The highest BCUT2D eigenvalue weighted by Gasteiger charge is 2.57. The second-order valence-electron chi connectivity index (χ2n) is 11.2. The molecule has 1 saturated heterocycles. The van der Waals surface area contributed by atoms with E-state index in [1.807, 2.05) is 42.1 Å². The van der Waals surface area contributed by atoms with E-state index >= 15 is 0 Å². The Morgan fingerprint density at radius 1 is 1.19 bits per heavy atom. The molecule has 0 radical (unpaired) electrons. The maximum Gasteiger partial charge on any atom is 0.418 e. The molecule has 1 aliphatic heterocycles. The van der Waals surface area contributed by atoms with Crippen LogP contribution in [0.1, 0.15) is 38.1 Å². The minimum atomic E-state index is -4.99. The van der Waals surface area contributed by atoms with Gasteiger partial charge in [-0.1, -0.05) is 17.3 Å². The Bertz CT molecular complexity index is 1780. The number of β-lactam (4-membered cyclic amide) rings is 1. The molecule has 47 heavy (non-hydrogen) atoms. The van der Waals surface area contributed by atoms with Crippen LogP contribution in [0.2, 0.25) is 0 Å². The third-order valence-electron chi connectivity index (χ3n) is 7.48. The standard InChI is InChI=1S/C29H34N6O10S2/c1-29(2)21(26(37)35(29)45-47(40,41)42)13-23(36)25(22-16-46-28(31)32-22)33-44-24(27(38)39)15-43-20-10-7-17(8-11-20)18-6-9-19(5-4-12-30)34(3)14-18/h6-11,14,16,21,24H,4-5,12-13,15,30H2,1-3H3,(H3-,31,32,38,39,40,41,42)/p+1/b33-25-/t21-,24+/m1/s1. The first kappa shape index (κ1) is 35.4. The average Bonchev–Trinajstić information content (AvgIpc) is 3.44. The molecule has 4 rings (SSSR count). The van der Waals surface area contributed by atoms with E-state index in [0.717, 1.165) is 41.0 Å². The normalized spacial score (nSPS) is 16.8. The molecule has 0 spiro atoms. The van der Waals surface area contributed by atoms with Crippen LogP contribution in [0.25, 0.3) is 11.1 Å². The number of carboxylic acid groups (broad SMARTS) is 1. The Kier molecular flexibility index (Phi) is 10.9. The molecule has 252 valence electrons. The summed E-state index contributed by atoms with van der Waals surface area (Å²) >= 11 is 0.989. The summed E-state index contributed by atoms with van der Waals surface area (Å²) in [6.07, 6.45) is 1.63. The second kappa shape index (κ2) is 14.5. The summed E-state index contributed by atoms with van der Waals surface area (Å²) in [5, 5.41) is 15.5. The van der Waals surface area contributed by atoms with Crippen LogP contribution in [-0.2, 0) is 47.4 Å². The molecule has 16 nitrogen and oxygen atoms in total. The molecule has 0 unspecified atom stereocenters. The predicted molar refractivity (Wildman–Crippen MR) is 168 cm³/mol. The first-order valence-electron chi connectivity index (χ1n) is 14.2. The fourth-order valence-electron chi connectivity index (χ4n) is 4.82. The van der Waals surface area contributed by atoms with Gasteiger partial charge < -0.3 is 26.1 Å². The van der Waals surface area contributed by atoms with E-state index in [1.165, 1.54) is 19.2 Å². The summed E-state index contributed by atoms with van der Waals surface area (Å²) in [6, 6.07) is 11.1. The number of hydrogen-bond donors (Lipinski definition) is 4. The zero-order chi connectivity index (χ0) is 34.5. The molecule has 2 aromatic heterocycles. The number of nitrogen functional groups attached to an aromatic ring is 1. The second-order valence-corrected chi connectivity index (χ2v) is 13.1. The van der Waals surface area contributed by atoms with Crippen molar-refractivity contribution in [1.29, 1.82) is 0 Å². The maximum atomic E-state index is 13.3. The van der Waals surface area contributed by atoms with Crippen molar-refractivity contribution in [2.75, 3.05) is 18.9 Å². The number of aliphatic carboxylic acids is 1. The highest BCUT2D eigenvalue weighted by Crippen LogP contribution is 2.40. The Morgan fingerprint density at radius 2 is 1.87 bits per heavy atom. The lowest BCUT2D eigenvalue weighted by molar-refractivity contribution is -0.678. The van der Waals surface area contributed by atoms with Gasteiger partial charge in [-0.3, -0.25) is 14.1 Å². The van der Waals surface area contributed by atoms with Crippen LogP contribution in [-0.4, -0.2) is 76.3 Å². The Balaban J connectivity index is 1.44. The largest absolute Gasteiger partial charge is 0.489 e. The zero-order valence-electron chi connectivity index (χ0n) is 25.7. The van der Waals surface area contributed by atoms with Gasteiger partial charge in [-0.05, 0) is 50.6 Å². The molecule has 1 aromatic carbocycles. The molecule has 18 heteroatoms. The number of aryl methyl sites for hydroxylation is 2. The van der Waals surface area contributed by atoms with E-state index < -0.39 is 64.4 Å². The van der Waals surface area contributed by atoms with Gasteiger partial charge in [-0.25, -0.2) is 14.3 Å². The SMILES string of the molecule is C[n+]1cc(-c2ccc(OC[C@H](O/N=C(\C(=O)C[C@@H]3C(=O)N(OS(=O)(=O)O)C3(C)C)c3csc(N)n3)C(=O)O)cc2)ccc1CCCN. The van der Waals surface area contributed by atoms with Crippen LogP contribution in [0.15, 0.2) is 53.1 Å². The molecular formula is C29H35N6O10S2+. The average molecular weight is 692 g/mol. The van der Waals surface area contributed by atoms with Gasteiger partial charge >= 0.3 is 16.4 Å². The van der Waals surface area contributed by atoms with E-state index in [9.17, 15) is 27.9 Å².